The van der Waals surface area contributed by atoms with Crippen molar-refractivity contribution in [2.75, 3.05) is 18.6 Å². The van der Waals surface area contributed by atoms with E-state index in [1.54, 1.807) is 36.4 Å². The summed E-state index contributed by atoms with van der Waals surface area (Å²) in [5, 5.41) is 6.66. The van der Waals surface area contributed by atoms with Crippen molar-refractivity contribution in [3.05, 3.63) is 77.1 Å². The number of carbonyl (C=O) groups is 2. The quantitative estimate of drug-likeness (QED) is 0.312. The topological polar surface area (TPSA) is 129 Å². The molecule has 0 aliphatic carbocycles. The minimum atomic E-state index is -4.44. The van der Waals surface area contributed by atoms with Crippen molar-refractivity contribution < 1.29 is 32.6 Å². The highest BCUT2D eigenvalue weighted by molar-refractivity contribution is 6.31. The van der Waals surface area contributed by atoms with Gasteiger partial charge in [-0.15, -0.1) is 0 Å². The molecule has 5 N–H and O–H groups in total. The Morgan fingerprint density at radius 2 is 1.47 bits per heavy atom. The van der Waals surface area contributed by atoms with Crippen molar-refractivity contribution in [2.24, 2.45) is 0 Å². The van der Waals surface area contributed by atoms with E-state index in [1.165, 1.54) is 12.3 Å². The second-order valence-electron chi connectivity index (χ2n) is 5.44. The largest absolute Gasteiger partial charge is 0.457 e. The van der Waals surface area contributed by atoms with E-state index < -0.39 is 11.7 Å². The van der Waals surface area contributed by atoms with Crippen LogP contribution in [0, 0.1) is 0 Å². The van der Waals surface area contributed by atoms with Crippen molar-refractivity contribution in [3.63, 3.8) is 0 Å². The molecule has 0 bridgehead atoms. The first-order chi connectivity index (χ1) is 16.2. The molecule has 0 saturated heterocycles. The number of ether oxygens (including phenoxy) is 1. The van der Waals surface area contributed by atoms with Gasteiger partial charge in [0.2, 0.25) is 0 Å². The van der Waals surface area contributed by atoms with Gasteiger partial charge in [-0.1, -0.05) is 25.4 Å². The normalized spacial score (nSPS) is 9.18. The first-order valence-corrected chi connectivity index (χ1v) is 9.87. The fraction of sp³-hybridized carbons (Fsp3) is 0.174. The summed E-state index contributed by atoms with van der Waals surface area (Å²) in [5.41, 5.74) is 10.9. The van der Waals surface area contributed by atoms with Crippen LogP contribution in [0.25, 0.3) is 0 Å². The van der Waals surface area contributed by atoms with E-state index in [-0.39, 0.29) is 10.7 Å². The molecule has 1 heterocycles. The third-order valence-electron chi connectivity index (χ3n) is 3.28. The summed E-state index contributed by atoms with van der Waals surface area (Å²) < 4.78 is 41.8. The van der Waals surface area contributed by atoms with Gasteiger partial charge in [0.05, 0.1) is 10.6 Å². The molecule has 0 atom stereocenters. The number of aliphatic hydroxyl groups is 1. The molecule has 0 unspecified atom stereocenters. The number of carbonyl (C=O) groups excluding carboxylic acids is 2. The van der Waals surface area contributed by atoms with Crippen LogP contribution in [0.15, 0.2) is 60.8 Å². The van der Waals surface area contributed by atoms with Gasteiger partial charge in [-0.05, 0) is 48.5 Å². The van der Waals surface area contributed by atoms with E-state index in [1.807, 2.05) is 20.6 Å². The Kier molecular flexibility index (Phi) is 17.1. The highest BCUT2D eigenvalue weighted by atomic mass is 35.5. The number of benzene rings is 2. The van der Waals surface area contributed by atoms with E-state index in [0.29, 0.717) is 29.2 Å². The van der Waals surface area contributed by atoms with Crippen molar-refractivity contribution in [1.82, 2.24) is 4.98 Å². The molecule has 2 aromatic carbocycles. The second kappa shape index (κ2) is 17.9. The van der Waals surface area contributed by atoms with Crippen LogP contribution in [0.2, 0.25) is 5.02 Å². The van der Waals surface area contributed by atoms with Crippen molar-refractivity contribution >= 4 is 36.1 Å². The average molecular weight is 502 g/mol. The van der Waals surface area contributed by atoms with E-state index in [2.05, 4.69) is 4.98 Å². The Bertz CT molecular complexity index is 972. The standard InChI is InChI=1S/C12H10N2O2.C7H5ClF3N.C2H6.CH4O.CH2O/c13-9-1-3-11(4-2-9)16-12-5-6-14-10(7-12)8-15;8-6-2-1-4(12)3-5(6)7(9,10)11;3*1-2/h1-8H,13H2;1-3H,12H2;1-2H3;2H,1H3;1H2. The molecule has 0 radical (unpaired) electrons. The highest BCUT2D eigenvalue weighted by Crippen LogP contribution is 2.35. The number of hydrogen-bond donors (Lipinski definition) is 3. The number of nitrogens with two attached hydrogens (primary N) is 2. The fourth-order valence-electron chi connectivity index (χ4n) is 1.99. The zero-order valence-electron chi connectivity index (χ0n) is 18.8. The maximum atomic E-state index is 12.1. The Morgan fingerprint density at radius 1 is 0.941 bits per heavy atom. The zero-order valence-corrected chi connectivity index (χ0v) is 19.6. The zero-order chi connectivity index (χ0) is 26.7. The van der Waals surface area contributed by atoms with Gasteiger partial charge in [-0.2, -0.15) is 13.2 Å². The lowest BCUT2D eigenvalue weighted by molar-refractivity contribution is -0.137. The molecule has 0 saturated carbocycles. The Labute approximate surface area is 201 Å². The van der Waals surface area contributed by atoms with Gasteiger partial charge in [0.1, 0.15) is 24.0 Å². The number of rotatable bonds is 3. The Hall–Kier alpha value is -3.63. The first-order valence-electron chi connectivity index (χ1n) is 9.49. The molecule has 0 fully saturated rings. The lowest BCUT2D eigenvalue weighted by Crippen LogP contribution is -2.06. The van der Waals surface area contributed by atoms with Gasteiger partial charge in [-0.25, -0.2) is 0 Å². The molecule has 0 aliphatic heterocycles. The predicted octanol–water partition coefficient (Wildman–Crippen LogP) is 5.66. The van der Waals surface area contributed by atoms with Crippen LogP contribution in [-0.4, -0.2) is 30.3 Å². The number of aliphatic hydroxyl groups excluding tert-OH is 1. The summed E-state index contributed by atoms with van der Waals surface area (Å²) in [7, 11) is 1.00. The molecule has 186 valence electrons. The van der Waals surface area contributed by atoms with Crippen LogP contribution < -0.4 is 16.2 Å². The number of pyridine rings is 1. The van der Waals surface area contributed by atoms with Crippen molar-refractivity contribution in [3.8, 4) is 11.5 Å². The van der Waals surface area contributed by atoms with Gasteiger partial charge in [-0.3, -0.25) is 9.78 Å². The number of halogens is 4. The minimum Gasteiger partial charge on any atom is -0.457 e. The van der Waals surface area contributed by atoms with E-state index >= 15 is 0 Å². The molecule has 1 aromatic heterocycles. The van der Waals surface area contributed by atoms with Gasteiger partial charge in [0, 0.05) is 30.7 Å². The first kappa shape index (κ1) is 32.5. The van der Waals surface area contributed by atoms with Gasteiger partial charge in [0.25, 0.3) is 0 Å². The third kappa shape index (κ3) is 12.4. The molecule has 3 aromatic rings. The number of aromatic nitrogens is 1. The van der Waals surface area contributed by atoms with Gasteiger partial charge >= 0.3 is 6.18 Å². The number of alkyl halides is 3. The lowest BCUT2D eigenvalue weighted by atomic mass is 10.2. The molecular formula is C23H27ClF3N3O4. The molecule has 0 amide bonds. The maximum Gasteiger partial charge on any atom is 0.417 e. The summed E-state index contributed by atoms with van der Waals surface area (Å²) in [6, 6.07) is 13.5. The van der Waals surface area contributed by atoms with Gasteiger partial charge in [0.15, 0.2) is 6.29 Å². The summed E-state index contributed by atoms with van der Waals surface area (Å²) in [5.74, 6) is 1.24. The fourth-order valence-corrected chi connectivity index (χ4v) is 2.21. The van der Waals surface area contributed by atoms with Crippen LogP contribution in [0.4, 0.5) is 24.5 Å². The molecular weight excluding hydrogens is 475 g/mol. The van der Waals surface area contributed by atoms with Crippen LogP contribution in [0.1, 0.15) is 29.9 Å². The number of aldehydes is 1. The third-order valence-corrected chi connectivity index (χ3v) is 3.61. The SMILES string of the molecule is C=O.CC.CO.Nc1ccc(Cl)c(C(F)(F)F)c1.Nc1ccc(Oc2ccnc(C=O)c2)cc1. The molecule has 0 spiro atoms. The molecule has 7 nitrogen and oxygen atoms in total. The number of anilines is 2. The summed E-state index contributed by atoms with van der Waals surface area (Å²) in [6.07, 6.45) is -2.24. The summed E-state index contributed by atoms with van der Waals surface area (Å²) in [6.45, 7) is 6.00. The Balaban J connectivity index is 0. The monoisotopic (exact) mass is 501 g/mol. The van der Waals surface area contributed by atoms with Crippen LogP contribution in [-0.2, 0) is 11.0 Å². The molecule has 3 rings (SSSR count). The molecule has 11 heteroatoms. The van der Waals surface area contributed by atoms with Gasteiger partial charge < -0.3 is 26.1 Å². The van der Waals surface area contributed by atoms with Crippen LogP contribution in [0.3, 0.4) is 0 Å². The lowest BCUT2D eigenvalue weighted by Gasteiger charge is -2.08. The second-order valence-corrected chi connectivity index (χ2v) is 5.85. The number of nitrogens with zero attached hydrogens (tertiary/aromatic N) is 1. The minimum absolute atomic E-state index is 0.0479. The van der Waals surface area contributed by atoms with Crippen LogP contribution in [0.5, 0.6) is 11.5 Å². The number of hydrogen-bond acceptors (Lipinski definition) is 7. The van der Waals surface area contributed by atoms with E-state index in [0.717, 1.165) is 19.2 Å². The molecule has 0 aliphatic rings. The smallest absolute Gasteiger partial charge is 0.417 e. The average Bonchev–Trinajstić information content (AvgIpc) is 2.86. The van der Waals surface area contributed by atoms with Crippen molar-refractivity contribution in [1.29, 1.82) is 0 Å². The van der Waals surface area contributed by atoms with Crippen molar-refractivity contribution in [2.45, 2.75) is 20.0 Å². The summed E-state index contributed by atoms with van der Waals surface area (Å²) in [4.78, 5) is 22.4. The molecule has 34 heavy (non-hydrogen) atoms. The summed E-state index contributed by atoms with van der Waals surface area (Å²) >= 11 is 5.31. The number of nitrogen functional groups attached to an aromatic ring is 2. The van der Waals surface area contributed by atoms with Crippen LogP contribution >= 0.6 is 11.6 Å². The maximum absolute atomic E-state index is 12.1. The Morgan fingerprint density at radius 3 is 1.94 bits per heavy atom. The van der Waals surface area contributed by atoms with E-state index in [4.69, 9.17) is 37.7 Å². The highest BCUT2D eigenvalue weighted by Gasteiger charge is 2.33. The predicted molar refractivity (Wildman–Crippen MR) is 128 cm³/mol. The van der Waals surface area contributed by atoms with E-state index in [9.17, 15) is 18.0 Å².